The van der Waals surface area contributed by atoms with Crippen LogP contribution >= 0.6 is 0 Å². The first kappa shape index (κ1) is 15.0. The molecule has 112 valence electrons. The number of rotatable bonds is 4. The van der Waals surface area contributed by atoms with Gasteiger partial charge >= 0.3 is 5.97 Å². The van der Waals surface area contributed by atoms with Gasteiger partial charge in [-0.3, -0.25) is 4.79 Å². The molecule has 0 amide bonds. The summed E-state index contributed by atoms with van der Waals surface area (Å²) in [4.78, 5) is 11.2. The molecule has 0 spiro atoms. The van der Waals surface area contributed by atoms with Crippen molar-refractivity contribution < 1.29 is 18.7 Å². The largest absolute Gasteiger partial charge is 0.481 e. The van der Waals surface area contributed by atoms with Crippen LogP contribution in [-0.4, -0.2) is 31.3 Å². The van der Waals surface area contributed by atoms with Gasteiger partial charge in [-0.25, -0.2) is 13.5 Å². The molecule has 6 nitrogen and oxygen atoms in total. The number of halogens is 2. The number of aromatic nitrogens is 4. The Morgan fingerprint density at radius 1 is 1.33 bits per heavy atom. The van der Waals surface area contributed by atoms with E-state index in [2.05, 4.69) is 15.5 Å². The molecule has 2 rings (SSSR count). The lowest BCUT2D eigenvalue weighted by Crippen LogP contribution is -2.30. The number of aryl methyl sites for hydroxylation is 1. The van der Waals surface area contributed by atoms with Crippen LogP contribution in [0.25, 0.3) is 11.4 Å². The second kappa shape index (κ2) is 5.19. The van der Waals surface area contributed by atoms with E-state index < -0.39 is 23.0 Å². The summed E-state index contributed by atoms with van der Waals surface area (Å²) in [7, 11) is 0. The third kappa shape index (κ3) is 2.88. The molecule has 0 saturated heterocycles. The highest BCUT2D eigenvalue weighted by Crippen LogP contribution is 2.26. The van der Waals surface area contributed by atoms with Crippen LogP contribution < -0.4 is 0 Å². The number of carboxylic acids is 1. The Bertz CT molecular complexity index is 697. The summed E-state index contributed by atoms with van der Waals surface area (Å²) in [5.41, 5.74) is -0.853. The smallest absolute Gasteiger partial charge is 0.310 e. The molecular formula is C13H14F2N4O2. The SMILES string of the molecule is Cc1cc(-c2nnnn2CC(C)(C)C(=O)O)c(F)cc1F. The van der Waals surface area contributed by atoms with Crippen molar-refractivity contribution in [1.29, 1.82) is 0 Å². The maximum absolute atomic E-state index is 13.9. The van der Waals surface area contributed by atoms with Gasteiger partial charge in [-0.2, -0.15) is 0 Å². The Hall–Kier alpha value is -2.38. The summed E-state index contributed by atoms with van der Waals surface area (Å²) in [5, 5.41) is 20.0. The zero-order valence-corrected chi connectivity index (χ0v) is 11.8. The average molecular weight is 296 g/mol. The Morgan fingerprint density at radius 2 is 2.00 bits per heavy atom. The van der Waals surface area contributed by atoms with Gasteiger partial charge in [-0.05, 0) is 42.8 Å². The Kier molecular flexibility index (Phi) is 3.71. The molecule has 0 aliphatic rings. The van der Waals surface area contributed by atoms with Crippen LogP contribution in [0, 0.1) is 24.0 Å². The molecular weight excluding hydrogens is 282 g/mol. The number of benzene rings is 1. The monoisotopic (exact) mass is 296 g/mol. The minimum atomic E-state index is -1.13. The zero-order chi connectivity index (χ0) is 15.8. The van der Waals surface area contributed by atoms with Gasteiger partial charge in [0.1, 0.15) is 11.6 Å². The lowest BCUT2D eigenvalue weighted by Gasteiger charge is -2.19. The van der Waals surface area contributed by atoms with E-state index in [0.29, 0.717) is 0 Å². The van der Waals surface area contributed by atoms with Gasteiger partial charge in [0.25, 0.3) is 0 Å². The lowest BCUT2D eigenvalue weighted by atomic mass is 9.94. The number of hydrogen-bond acceptors (Lipinski definition) is 4. The average Bonchev–Trinajstić information content (AvgIpc) is 2.81. The number of nitrogens with zero attached hydrogens (tertiary/aromatic N) is 4. The van der Waals surface area contributed by atoms with Gasteiger partial charge in [0.05, 0.1) is 17.5 Å². The van der Waals surface area contributed by atoms with Crippen molar-refractivity contribution in [3.63, 3.8) is 0 Å². The summed E-state index contributed by atoms with van der Waals surface area (Å²) in [6, 6.07) is 2.05. The van der Waals surface area contributed by atoms with Gasteiger partial charge < -0.3 is 5.11 Å². The fraction of sp³-hybridized carbons (Fsp3) is 0.385. The van der Waals surface area contributed by atoms with E-state index in [1.54, 1.807) is 0 Å². The van der Waals surface area contributed by atoms with Crippen LogP contribution in [0.2, 0.25) is 0 Å². The minimum absolute atomic E-state index is 0.0279. The van der Waals surface area contributed by atoms with E-state index in [1.165, 1.54) is 31.5 Å². The number of hydrogen-bond donors (Lipinski definition) is 1. The maximum atomic E-state index is 13.9. The first-order valence-corrected chi connectivity index (χ1v) is 6.18. The van der Waals surface area contributed by atoms with Crippen molar-refractivity contribution in [3.05, 3.63) is 29.3 Å². The molecule has 0 fully saturated rings. The zero-order valence-electron chi connectivity index (χ0n) is 11.8. The summed E-state index contributed by atoms with van der Waals surface area (Å²) >= 11 is 0. The Morgan fingerprint density at radius 3 is 2.62 bits per heavy atom. The molecule has 1 heterocycles. The lowest BCUT2D eigenvalue weighted by molar-refractivity contribution is -0.147. The van der Waals surface area contributed by atoms with E-state index in [-0.39, 0.29) is 23.5 Å². The fourth-order valence-electron chi connectivity index (χ4n) is 1.77. The Labute approximate surface area is 119 Å². The van der Waals surface area contributed by atoms with Crippen molar-refractivity contribution in [3.8, 4) is 11.4 Å². The fourth-order valence-corrected chi connectivity index (χ4v) is 1.77. The Balaban J connectivity index is 2.46. The predicted octanol–water partition coefficient (Wildman–Crippen LogP) is 2.04. The second-order valence-electron chi connectivity index (χ2n) is 5.43. The highest BCUT2D eigenvalue weighted by Gasteiger charge is 2.30. The van der Waals surface area contributed by atoms with Crippen LogP contribution in [0.4, 0.5) is 8.78 Å². The van der Waals surface area contributed by atoms with Crippen LogP contribution in [0.5, 0.6) is 0 Å². The van der Waals surface area contributed by atoms with E-state index in [9.17, 15) is 13.6 Å². The first-order valence-electron chi connectivity index (χ1n) is 6.18. The van der Waals surface area contributed by atoms with Crippen molar-refractivity contribution in [2.24, 2.45) is 5.41 Å². The summed E-state index contributed by atoms with van der Waals surface area (Å²) in [5.74, 6) is -2.44. The molecule has 8 heteroatoms. The summed E-state index contributed by atoms with van der Waals surface area (Å²) < 4.78 is 28.4. The molecule has 21 heavy (non-hydrogen) atoms. The number of tetrazole rings is 1. The molecule has 0 unspecified atom stereocenters. The number of carbonyl (C=O) groups is 1. The van der Waals surface area contributed by atoms with Gasteiger partial charge in [0, 0.05) is 6.07 Å². The second-order valence-corrected chi connectivity index (χ2v) is 5.43. The highest BCUT2D eigenvalue weighted by atomic mass is 19.1. The third-order valence-electron chi connectivity index (χ3n) is 3.15. The molecule has 1 N–H and O–H groups in total. The van der Waals surface area contributed by atoms with Crippen molar-refractivity contribution in [2.45, 2.75) is 27.3 Å². The van der Waals surface area contributed by atoms with Gasteiger partial charge in [-0.15, -0.1) is 5.10 Å². The van der Waals surface area contributed by atoms with Gasteiger partial charge in [0.15, 0.2) is 5.82 Å². The van der Waals surface area contributed by atoms with Crippen LogP contribution in [0.1, 0.15) is 19.4 Å². The van der Waals surface area contributed by atoms with E-state index >= 15 is 0 Å². The highest BCUT2D eigenvalue weighted by molar-refractivity contribution is 5.73. The van der Waals surface area contributed by atoms with Crippen molar-refractivity contribution in [1.82, 2.24) is 20.2 Å². The van der Waals surface area contributed by atoms with E-state index in [1.807, 2.05) is 0 Å². The predicted molar refractivity (Wildman–Crippen MR) is 69.3 cm³/mol. The number of aliphatic carboxylic acids is 1. The summed E-state index contributed by atoms with van der Waals surface area (Å²) in [6.45, 7) is 4.47. The topological polar surface area (TPSA) is 80.9 Å². The first-order chi connectivity index (χ1) is 9.72. The molecule has 2 aromatic rings. The molecule has 0 aliphatic carbocycles. The molecule has 0 bridgehead atoms. The minimum Gasteiger partial charge on any atom is -0.481 e. The molecule has 0 atom stereocenters. The van der Waals surface area contributed by atoms with E-state index in [0.717, 1.165) is 6.07 Å². The van der Waals surface area contributed by atoms with Gasteiger partial charge in [0.2, 0.25) is 0 Å². The summed E-state index contributed by atoms with van der Waals surface area (Å²) in [6.07, 6.45) is 0. The van der Waals surface area contributed by atoms with Crippen molar-refractivity contribution >= 4 is 5.97 Å². The number of carboxylic acid groups (broad SMARTS) is 1. The van der Waals surface area contributed by atoms with Crippen LogP contribution in [0.15, 0.2) is 12.1 Å². The normalized spacial score (nSPS) is 11.7. The van der Waals surface area contributed by atoms with E-state index in [4.69, 9.17) is 5.11 Å². The quantitative estimate of drug-likeness (QED) is 0.933. The molecule has 1 aromatic heterocycles. The van der Waals surface area contributed by atoms with Crippen LogP contribution in [0.3, 0.4) is 0 Å². The molecule has 1 aromatic carbocycles. The third-order valence-corrected chi connectivity index (χ3v) is 3.15. The van der Waals surface area contributed by atoms with Crippen molar-refractivity contribution in [2.75, 3.05) is 0 Å². The molecule has 0 aliphatic heterocycles. The van der Waals surface area contributed by atoms with Gasteiger partial charge in [-0.1, -0.05) is 0 Å². The maximum Gasteiger partial charge on any atom is 0.310 e. The molecule has 0 saturated carbocycles. The molecule has 0 radical (unpaired) electrons. The van der Waals surface area contributed by atoms with Crippen LogP contribution in [-0.2, 0) is 11.3 Å². The standard InChI is InChI=1S/C13H14F2N4O2/c1-7-4-8(10(15)5-9(7)14)11-16-17-18-19(11)6-13(2,3)12(20)21/h4-5H,6H2,1-3H3,(H,20,21).